The van der Waals surface area contributed by atoms with Gasteiger partial charge in [-0.3, -0.25) is 14.0 Å². The number of aromatic nitrogens is 2. The molecule has 0 aliphatic heterocycles. The molecule has 2 heterocycles. The lowest BCUT2D eigenvalue weighted by Gasteiger charge is -2.07. The molecule has 2 atom stereocenters. The second-order valence-electron chi connectivity index (χ2n) is 5.82. The number of aliphatic hydroxyl groups is 1. The predicted molar refractivity (Wildman–Crippen MR) is 106 cm³/mol. The Balaban J connectivity index is 0.000000197. The maximum atomic E-state index is 12.0. The van der Waals surface area contributed by atoms with Crippen molar-refractivity contribution < 1.29 is 9.90 Å². The van der Waals surface area contributed by atoms with Crippen molar-refractivity contribution in [3.05, 3.63) is 67.5 Å². The van der Waals surface area contributed by atoms with Crippen LogP contribution < -0.4 is 11.3 Å². The Hall–Kier alpha value is -1.87. The molecule has 3 aromatic rings. The number of carbonyl (C=O) groups is 1. The molecule has 0 unspecified atom stereocenters. The number of rotatable bonds is 3. The largest absolute Gasteiger partial charge is 0.381 e. The Labute approximate surface area is 163 Å². The molecule has 138 valence electrons. The highest BCUT2D eigenvalue weighted by Crippen LogP contribution is 2.20. The number of carbonyl (C=O) groups excluding carboxylic acids is 1. The third-order valence-electron chi connectivity index (χ3n) is 3.64. The van der Waals surface area contributed by atoms with Crippen molar-refractivity contribution in [3.8, 4) is 0 Å². The quantitative estimate of drug-likeness (QED) is 0.655. The molecule has 6 nitrogen and oxygen atoms in total. The summed E-state index contributed by atoms with van der Waals surface area (Å²) < 4.78 is 2.04. The van der Waals surface area contributed by atoms with Crippen LogP contribution in [0, 0.1) is 6.92 Å². The minimum atomic E-state index is -0.962. The van der Waals surface area contributed by atoms with E-state index in [0.29, 0.717) is 20.7 Å². The molecule has 26 heavy (non-hydrogen) atoms. The number of Topliss-reactive ketones (excluding diaryl/α,β-unsaturated/α-hetero) is 1. The molecule has 0 aliphatic rings. The first kappa shape index (κ1) is 20.4. The van der Waals surface area contributed by atoms with Gasteiger partial charge in [-0.15, -0.1) is 11.3 Å². The average molecular weight is 438 g/mol. The fourth-order valence-electron chi connectivity index (χ4n) is 2.25. The van der Waals surface area contributed by atoms with E-state index in [0.717, 1.165) is 5.69 Å². The fourth-order valence-corrected chi connectivity index (χ4v) is 3.74. The molecule has 0 saturated carbocycles. The Bertz CT molecular complexity index is 967. The van der Waals surface area contributed by atoms with Crippen molar-refractivity contribution >= 4 is 38.0 Å². The summed E-state index contributed by atoms with van der Waals surface area (Å²) >= 11 is 4.69. The van der Waals surface area contributed by atoms with Crippen LogP contribution in [0.3, 0.4) is 0 Å². The number of halogens is 1. The third kappa shape index (κ3) is 4.45. The van der Waals surface area contributed by atoms with Gasteiger partial charge in [0.15, 0.2) is 10.7 Å². The van der Waals surface area contributed by atoms with Crippen molar-refractivity contribution in [2.24, 2.45) is 5.73 Å². The highest BCUT2D eigenvalue weighted by Gasteiger charge is 2.15. The molecule has 0 amide bonds. The van der Waals surface area contributed by atoms with Crippen molar-refractivity contribution in [1.29, 1.82) is 0 Å². The van der Waals surface area contributed by atoms with Gasteiger partial charge in [0.1, 0.15) is 10.6 Å². The van der Waals surface area contributed by atoms with E-state index in [9.17, 15) is 14.7 Å². The smallest absolute Gasteiger partial charge is 0.273 e. The van der Waals surface area contributed by atoms with Gasteiger partial charge in [-0.25, -0.2) is 4.98 Å². The van der Waals surface area contributed by atoms with Gasteiger partial charge >= 0.3 is 0 Å². The topological polar surface area (TPSA) is 97.7 Å². The van der Waals surface area contributed by atoms with Gasteiger partial charge in [-0.05, 0) is 42.3 Å². The van der Waals surface area contributed by atoms with Crippen LogP contribution in [0.5, 0.6) is 0 Å². The first-order valence-corrected chi connectivity index (χ1v) is 9.56. The van der Waals surface area contributed by atoms with E-state index in [2.05, 4.69) is 20.9 Å². The van der Waals surface area contributed by atoms with Crippen LogP contribution in [0.15, 0.2) is 45.0 Å². The van der Waals surface area contributed by atoms with E-state index in [1.165, 1.54) is 18.3 Å². The molecule has 3 N–H and O–H groups in total. The Morgan fingerprint density at radius 3 is 2.50 bits per heavy atom. The number of nitrogens with zero attached hydrogens (tertiary/aromatic N) is 2. The zero-order valence-electron chi connectivity index (χ0n) is 14.6. The number of aryl methyl sites for hydroxylation is 1. The maximum Gasteiger partial charge on any atom is 0.273 e. The number of fused-ring (bicyclic) bond motifs is 1. The maximum absolute atomic E-state index is 12.0. The number of hydrogen-bond acceptors (Lipinski definition) is 6. The van der Waals surface area contributed by atoms with Crippen LogP contribution in [-0.2, 0) is 4.79 Å². The minimum Gasteiger partial charge on any atom is -0.381 e. The molecular weight excluding hydrogens is 418 g/mol. The number of aliphatic hydroxyl groups excluding tert-OH is 1. The normalized spacial score (nSPS) is 13.0. The summed E-state index contributed by atoms with van der Waals surface area (Å²) in [5.41, 5.74) is 7.81. The first-order valence-electron chi connectivity index (χ1n) is 7.89. The van der Waals surface area contributed by atoms with Gasteiger partial charge in [-0.1, -0.05) is 30.3 Å². The third-order valence-corrected chi connectivity index (χ3v) is 5.33. The zero-order valence-corrected chi connectivity index (χ0v) is 17.0. The molecule has 0 aliphatic carbocycles. The van der Waals surface area contributed by atoms with Gasteiger partial charge in [0.05, 0.1) is 5.69 Å². The van der Waals surface area contributed by atoms with Gasteiger partial charge in [0, 0.05) is 17.1 Å². The molecule has 2 aromatic heterocycles. The molecule has 3 rings (SSSR count). The number of nitrogens with two attached hydrogens (primary N) is 1. The Kier molecular flexibility index (Phi) is 6.82. The van der Waals surface area contributed by atoms with Gasteiger partial charge in [0.25, 0.3) is 5.56 Å². The summed E-state index contributed by atoms with van der Waals surface area (Å²) in [7, 11) is 0. The monoisotopic (exact) mass is 437 g/mol. The van der Waals surface area contributed by atoms with E-state index >= 15 is 0 Å². The van der Waals surface area contributed by atoms with Crippen molar-refractivity contribution in [3.63, 3.8) is 0 Å². The lowest BCUT2D eigenvalue weighted by atomic mass is 10.1. The predicted octanol–water partition coefficient (Wildman–Crippen LogP) is 3.16. The number of thiazole rings is 1. The summed E-state index contributed by atoms with van der Waals surface area (Å²) in [5, 5.41) is 11.2. The van der Waals surface area contributed by atoms with Gasteiger partial charge < -0.3 is 10.8 Å². The van der Waals surface area contributed by atoms with Crippen LogP contribution in [0.4, 0.5) is 0 Å². The summed E-state index contributed by atoms with van der Waals surface area (Å²) in [6.45, 7) is 5.06. The van der Waals surface area contributed by atoms with E-state index in [1.54, 1.807) is 28.7 Å². The van der Waals surface area contributed by atoms with Crippen molar-refractivity contribution in [2.75, 3.05) is 0 Å². The van der Waals surface area contributed by atoms with Crippen LogP contribution in [0.1, 0.15) is 42.9 Å². The molecule has 0 saturated heterocycles. The van der Waals surface area contributed by atoms with Gasteiger partial charge in [0.2, 0.25) is 0 Å². The SMILES string of the molecule is CC(=O)[C@@H](O)c1ccccc1.Cc1csc2nc([C@H](C)N)c(Br)c(=O)n12. The summed E-state index contributed by atoms with van der Waals surface area (Å²) in [4.78, 5) is 27.7. The molecule has 1 aromatic carbocycles. The van der Waals surface area contributed by atoms with E-state index in [4.69, 9.17) is 5.73 Å². The lowest BCUT2D eigenvalue weighted by Crippen LogP contribution is -2.21. The van der Waals surface area contributed by atoms with E-state index in [1.807, 2.05) is 25.3 Å². The standard InChI is InChI=1S/C9H10BrN3OS.C9H10O2/c1-4-3-15-9-12-7(5(2)11)6(10)8(14)13(4)9;1-7(10)9(11)8-5-3-2-4-6-8/h3,5H,11H2,1-2H3;2-6,9,11H,1H3/t5-;9-/m01/s1. The molecule has 0 spiro atoms. The summed E-state index contributed by atoms with van der Waals surface area (Å²) in [6, 6.07) is 8.64. The molecule has 0 bridgehead atoms. The average Bonchev–Trinajstić information content (AvgIpc) is 2.99. The summed E-state index contributed by atoms with van der Waals surface area (Å²) in [5.74, 6) is -0.226. The Morgan fingerprint density at radius 1 is 1.35 bits per heavy atom. The van der Waals surface area contributed by atoms with Crippen LogP contribution in [0.2, 0.25) is 0 Å². The van der Waals surface area contributed by atoms with Crippen molar-refractivity contribution in [1.82, 2.24) is 9.38 Å². The number of ketones is 1. The minimum absolute atomic E-state index is 0.0916. The van der Waals surface area contributed by atoms with Crippen LogP contribution in [0.25, 0.3) is 4.96 Å². The summed E-state index contributed by atoms with van der Waals surface area (Å²) in [6.07, 6.45) is -0.962. The highest BCUT2D eigenvalue weighted by atomic mass is 79.9. The van der Waals surface area contributed by atoms with E-state index in [-0.39, 0.29) is 17.4 Å². The van der Waals surface area contributed by atoms with E-state index < -0.39 is 6.10 Å². The molecular formula is C18H20BrN3O3S. The number of hydrogen-bond donors (Lipinski definition) is 2. The van der Waals surface area contributed by atoms with Crippen molar-refractivity contribution in [2.45, 2.75) is 32.9 Å². The Morgan fingerprint density at radius 2 is 1.96 bits per heavy atom. The molecule has 0 radical (unpaired) electrons. The first-order chi connectivity index (χ1) is 12.2. The molecule has 8 heteroatoms. The van der Waals surface area contributed by atoms with Gasteiger partial charge in [-0.2, -0.15) is 0 Å². The molecule has 0 fully saturated rings. The van der Waals surface area contributed by atoms with Crippen LogP contribution >= 0.6 is 27.3 Å². The lowest BCUT2D eigenvalue weighted by molar-refractivity contribution is -0.125. The number of benzene rings is 1. The van der Waals surface area contributed by atoms with Crippen LogP contribution in [-0.4, -0.2) is 20.3 Å². The second kappa shape index (κ2) is 8.68. The zero-order chi connectivity index (χ0) is 19.4. The fraction of sp³-hybridized carbons (Fsp3) is 0.278. The highest BCUT2D eigenvalue weighted by molar-refractivity contribution is 9.10. The second-order valence-corrected chi connectivity index (χ2v) is 7.45.